The van der Waals surface area contributed by atoms with Gasteiger partial charge < -0.3 is 21.5 Å². The van der Waals surface area contributed by atoms with Gasteiger partial charge in [0.25, 0.3) is 0 Å². The summed E-state index contributed by atoms with van der Waals surface area (Å²) >= 11 is 3.27. The number of benzene rings is 6. The van der Waals surface area contributed by atoms with Gasteiger partial charge in [0.05, 0.1) is 0 Å². The summed E-state index contributed by atoms with van der Waals surface area (Å²) < 4.78 is 0.958. The first-order chi connectivity index (χ1) is 20.4. The zero-order chi connectivity index (χ0) is 29.7. The van der Waals surface area contributed by atoms with Crippen LogP contribution < -0.4 is 16.9 Å². The molecule has 0 amide bonds. The second-order valence-corrected chi connectivity index (χ2v) is 10.3. The van der Waals surface area contributed by atoms with Gasteiger partial charge in [0.2, 0.25) is 0 Å². The second-order valence-electron chi connectivity index (χ2n) is 9.42. The van der Waals surface area contributed by atoms with Crippen molar-refractivity contribution in [3.63, 3.8) is 0 Å². The molecule has 6 N–H and O–H groups in total. The van der Waals surface area contributed by atoms with Gasteiger partial charge in [-0.05, 0) is 73.5 Å². The predicted octanol–water partition coefficient (Wildman–Crippen LogP) is 8.30. The number of nitrogen functional groups attached to an aromatic ring is 2. The van der Waals surface area contributed by atoms with Crippen molar-refractivity contribution >= 4 is 39.9 Å². The van der Waals surface area contributed by atoms with Gasteiger partial charge in [0.1, 0.15) is 0 Å². The maximum atomic E-state index is 9.05. The van der Waals surface area contributed by atoms with Crippen molar-refractivity contribution in [2.45, 2.75) is 7.43 Å². The molecule has 0 heterocycles. The minimum Gasteiger partial charge on any atom is -0.423 e. The Hall–Kier alpha value is -4.62. The first kappa shape index (κ1) is 32.9. The van der Waals surface area contributed by atoms with Crippen LogP contribution in [0.5, 0.6) is 0 Å². The maximum Gasteiger partial charge on any atom is 0.488 e. The SMILES string of the molecule is C.Nc1ccccc1-c1cccc(-c2ccccc2)c1.Nc1ccccc1Br.OB(O)c1cccc(-c2ccccc2)c1. The van der Waals surface area contributed by atoms with Crippen LogP contribution in [-0.4, -0.2) is 17.2 Å². The van der Waals surface area contributed by atoms with Gasteiger partial charge in [-0.1, -0.05) is 141 Å². The summed E-state index contributed by atoms with van der Waals surface area (Å²) in [5.41, 5.74) is 20.3. The van der Waals surface area contributed by atoms with E-state index in [1.54, 1.807) is 12.1 Å². The molecule has 0 aliphatic carbocycles. The quantitative estimate of drug-likeness (QED) is 0.116. The lowest BCUT2D eigenvalue weighted by Gasteiger charge is -2.08. The molecule has 6 aromatic carbocycles. The van der Waals surface area contributed by atoms with E-state index in [4.69, 9.17) is 21.5 Å². The van der Waals surface area contributed by atoms with E-state index in [2.05, 4.69) is 70.5 Å². The first-order valence-electron chi connectivity index (χ1n) is 13.4. The van der Waals surface area contributed by atoms with E-state index in [-0.39, 0.29) is 7.43 Å². The van der Waals surface area contributed by atoms with Gasteiger partial charge in [0.15, 0.2) is 0 Å². The predicted molar refractivity (Wildman–Crippen MR) is 189 cm³/mol. The third-order valence-electron chi connectivity index (χ3n) is 6.44. The monoisotopic (exact) mass is 630 g/mol. The molecule has 0 unspecified atom stereocenters. The third-order valence-corrected chi connectivity index (χ3v) is 7.16. The minimum atomic E-state index is -1.41. The standard InChI is InChI=1S/C18H15N.C12H11BO2.C6H6BrN.CH4/c19-18-12-5-4-11-17(18)16-10-6-9-15(13-16)14-7-2-1-3-8-14;14-13(15)12-8-4-7-11(9-12)10-5-2-1-3-6-10;7-5-3-1-2-4-6(5)8;/h1-13H,19H2;1-9,14-15H;1-4H,8H2;1H4. The molecule has 0 saturated heterocycles. The van der Waals surface area contributed by atoms with Crippen LogP contribution in [0, 0.1) is 0 Å². The molecule has 6 heteroatoms. The molecular formula is C37H36BBrN2O2. The van der Waals surface area contributed by atoms with Crippen LogP contribution in [0.2, 0.25) is 0 Å². The Morgan fingerprint density at radius 2 is 0.884 bits per heavy atom. The van der Waals surface area contributed by atoms with Gasteiger partial charge in [-0.25, -0.2) is 0 Å². The highest BCUT2D eigenvalue weighted by atomic mass is 79.9. The smallest absolute Gasteiger partial charge is 0.423 e. The molecule has 6 aromatic rings. The van der Waals surface area contributed by atoms with Gasteiger partial charge in [-0.2, -0.15) is 0 Å². The molecule has 0 aliphatic rings. The van der Waals surface area contributed by atoms with Crippen molar-refractivity contribution in [1.82, 2.24) is 0 Å². The van der Waals surface area contributed by atoms with Gasteiger partial charge >= 0.3 is 7.12 Å². The number of halogens is 1. The van der Waals surface area contributed by atoms with Crippen molar-refractivity contribution in [1.29, 1.82) is 0 Å². The topological polar surface area (TPSA) is 92.5 Å². The summed E-state index contributed by atoms with van der Waals surface area (Å²) in [7, 11) is -1.41. The van der Waals surface area contributed by atoms with E-state index >= 15 is 0 Å². The zero-order valence-corrected chi connectivity index (χ0v) is 24.6. The van der Waals surface area contributed by atoms with Crippen molar-refractivity contribution in [2.24, 2.45) is 0 Å². The molecule has 0 radical (unpaired) electrons. The Morgan fingerprint density at radius 1 is 0.442 bits per heavy atom. The van der Waals surface area contributed by atoms with Crippen LogP contribution in [0.15, 0.2) is 162 Å². The van der Waals surface area contributed by atoms with E-state index in [0.29, 0.717) is 5.46 Å². The molecule has 0 saturated carbocycles. The Morgan fingerprint density at radius 3 is 1.40 bits per heavy atom. The fourth-order valence-corrected chi connectivity index (χ4v) is 4.53. The second kappa shape index (κ2) is 16.7. The van der Waals surface area contributed by atoms with E-state index in [0.717, 1.165) is 38.1 Å². The van der Waals surface area contributed by atoms with E-state index in [1.165, 1.54) is 11.1 Å². The molecule has 4 nitrogen and oxygen atoms in total. The summed E-state index contributed by atoms with van der Waals surface area (Å²) in [4.78, 5) is 0. The number of hydrogen-bond donors (Lipinski definition) is 4. The molecule has 0 spiro atoms. The van der Waals surface area contributed by atoms with Crippen molar-refractivity contribution in [2.75, 3.05) is 11.5 Å². The Bertz CT molecular complexity index is 1680. The number of nitrogens with two attached hydrogens (primary N) is 2. The lowest BCUT2D eigenvalue weighted by molar-refractivity contribution is 0.426. The Kier molecular flexibility index (Phi) is 12.8. The van der Waals surface area contributed by atoms with Gasteiger partial charge in [-0.15, -0.1) is 0 Å². The average molecular weight is 631 g/mol. The van der Waals surface area contributed by atoms with E-state index < -0.39 is 7.12 Å². The first-order valence-corrected chi connectivity index (χ1v) is 14.2. The summed E-state index contributed by atoms with van der Waals surface area (Å²) in [5.74, 6) is 0. The number of hydrogen-bond acceptors (Lipinski definition) is 4. The highest BCUT2D eigenvalue weighted by Crippen LogP contribution is 2.29. The lowest BCUT2D eigenvalue weighted by atomic mass is 9.79. The number of rotatable bonds is 4. The van der Waals surface area contributed by atoms with Crippen molar-refractivity contribution in [3.8, 4) is 33.4 Å². The fourth-order valence-electron chi connectivity index (χ4n) is 4.24. The molecule has 0 atom stereocenters. The fraction of sp³-hybridized carbons (Fsp3) is 0.0270. The molecule has 216 valence electrons. The van der Waals surface area contributed by atoms with E-state index in [1.807, 2.05) is 91.0 Å². The number of anilines is 2. The zero-order valence-electron chi connectivity index (χ0n) is 23.0. The van der Waals surface area contributed by atoms with Gasteiger partial charge in [-0.3, -0.25) is 0 Å². The minimum absolute atomic E-state index is 0. The number of para-hydroxylation sites is 2. The molecule has 0 aromatic heterocycles. The molecule has 6 rings (SSSR count). The Balaban J connectivity index is 0.000000188. The highest BCUT2D eigenvalue weighted by Gasteiger charge is 2.10. The van der Waals surface area contributed by atoms with Crippen molar-refractivity contribution in [3.05, 3.63) is 162 Å². The average Bonchev–Trinajstić information content (AvgIpc) is 3.04. The van der Waals surface area contributed by atoms with Crippen LogP contribution in [0.1, 0.15) is 7.43 Å². The van der Waals surface area contributed by atoms with Gasteiger partial charge in [0, 0.05) is 21.4 Å². The van der Waals surface area contributed by atoms with Crippen molar-refractivity contribution < 1.29 is 10.0 Å². The van der Waals surface area contributed by atoms with Crippen LogP contribution in [-0.2, 0) is 0 Å². The van der Waals surface area contributed by atoms with Crippen LogP contribution in [0.25, 0.3) is 33.4 Å². The summed E-state index contributed by atoms with van der Waals surface area (Å²) in [5, 5.41) is 18.1. The molecule has 0 bridgehead atoms. The maximum absolute atomic E-state index is 9.05. The van der Waals surface area contributed by atoms with E-state index in [9.17, 15) is 0 Å². The largest absolute Gasteiger partial charge is 0.488 e. The summed E-state index contributed by atoms with van der Waals surface area (Å²) in [6, 6.07) is 51.5. The third kappa shape index (κ3) is 9.72. The molecule has 0 fully saturated rings. The van der Waals surface area contributed by atoms with Crippen LogP contribution >= 0.6 is 15.9 Å². The van der Waals surface area contributed by atoms with Crippen LogP contribution in [0.4, 0.5) is 11.4 Å². The normalized spacial score (nSPS) is 9.74. The van der Waals surface area contributed by atoms with Crippen LogP contribution in [0.3, 0.4) is 0 Å². The molecule has 43 heavy (non-hydrogen) atoms. The summed E-state index contributed by atoms with van der Waals surface area (Å²) in [6.07, 6.45) is 0. The highest BCUT2D eigenvalue weighted by molar-refractivity contribution is 9.10. The lowest BCUT2D eigenvalue weighted by Crippen LogP contribution is -2.29. The molecular weight excluding hydrogens is 595 g/mol. The molecule has 0 aliphatic heterocycles. The summed E-state index contributed by atoms with van der Waals surface area (Å²) in [6.45, 7) is 0. The Labute approximate surface area is 263 Å².